The maximum Gasteiger partial charge on any atom is 0.258 e. The predicted molar refractivity (Wildman–Crippen MR) is 92.3 cm³/mol. The van der Waals surface area contributed by atoms with Gasteiger partial charge in [-0.3, -0.25) is 9.59 Å². The summed E-state index contributed by atoms with van der Waals surface area (Å²) in [4.78, 5) is 25.2. The van der Waals surface area contributed by atoms with Gasteiger partial charge in [0.05, 0.1) is 6.42 Å². The molecule has 0 radical (unpaired) electrons. The Morgan fingerprint density at radius 2 is 2.00 bits per heavy atom. The molecule has 3 rings (SSSR count). The SMILES string of the molecule is CN1C(=O)Cc2cc(CNC(=O)COc3ccc(Cl)cc3)ccc21. The van der Waals surface area contributed by atoms with Gasteiger partial charge in [-0.15, -0.1) is 0 Å². The maximum absolute atomic E-state index is 11.9. The first-order valence-electron chi connectivity index (χ1n) is 7.56. The average molecular weight is 345 g/mol. The standard InChI is InChI=1S/C18H17ClN2O3/c1-21-16-7-2-12(8-13(16)9-18(21)23)10-20-17(22)11-24-15-5-3-14(19)4-6-15/h2-8H,9-11H2,1H3,(H,20,22). The molecular weight excluding hydrogens is 328 g/mol. The van der Waals surface area contributed by atoms with Crippen LogP contribution in [0.4, 0.5) is 5.69 Å². The molecular formula is C18H17ClN2O3. The largest absolute Gasteiger partial charge is 0.484 e. The van der Waals surface area contributed by atoms with Gasteiger partial charge in [-0.25, -0.2) is 0 Å². The van der Waals surface area contributed by atoms with Gasteiger partial charge in [0.15, 0.2) is 6.61 Å². The number of nitrogens with zero attached hydrogens (tertiary/aromatic N) is 1. The average Bonchev–Trinajstić information content (AvgIpc) is 2.86. The van der Waals surface area contributed by atoms with E-state index in [9.17, 15) is 9.59 Å². The number of ether oxygens (including phenoxy) is 1. The molecule has 0 fully saturated rings. The monoisotopic (exact) mass is 344 g/mol. The summed E-state index contributed by atoms with van der Waals surface area (Å²) in [6.45, 7) is 0.335. The molecule has 0 spiro atoms. The van der Waals surface area contributed by atoms with Crippen molar-refractivity contribution in [2.24, 2.45) is 0 Å². The van der Waals surface area contributed by atoms with E-state index in [0.717, 1.165) is 16.8 Å². The van der Waals surface area contributed by atoms with Crippen LogP contribution >= 0.6 is 11.6 Å². The zero-order valence-corrected chi connectivity index (χ0v) is 14.0. The molecule has 1 N–H and O–H groups in total. The molecule has 2 aromatic carbocycles. The molecule has 0 aromatic heterocycles. The van der Waals surface area contributed by atoms with Crippen molar-refractivity contribution in [1.82, 2.24) is 5.32 Å². The number of carbonyl (C=O) groups excluding carboxylic acids is 2. The fraction of sp³-hybridized carbons (Fsp3) is 0.222. The lowest BCUT2D eigenvalue weighted by atomic mass is 10.1. The number of amides is 2. The molecule has 0 unspecified atom stereocenters. The van der Waals surface area contributed by atoms with E-state index < -0.39 is 0 Å². The Morgan fingerprint density at radius 1 is 1.25 bits per heavy atom. The summed E-state index contributed by atoms with van der Waals surface area (Å²) in [5.74, 6) is 0.467. The Bertz CT molecular complexity index is 774. The normalized spacial score (nSPS) is 12.9. The van der Waals surface area contributed by atoms with Gasteiger partial charge in [0.1, 0.15) is 5.75 Å². The van der Waals surface area contributed by atoms with Crippen LogP contribution in [0.3, 0.4) is 0 Å². The van der Waals surface area contributed by atoms with Crippen molar-refractivity contribution in [3.05, 3.63) is 58.6 Å². The van der Waals surface area contributed by atoms with Crippen molar-refractivity contribution in [2.45, 2.75) is 13.0 Å². The number of hydrogen-bond donors (Lipinski definition) is 1. The van der Waals surface area contributed by atoms with Gasteiger partial charge < -0.3 is 15.0 Å². The highest BCUT2D eigenvalue weighted by Gasteiger charge is 2.23. The summed E-state index contributed by atoms with van der Waals surface area (Å²) in [5.41, 5.74) is 2.88. The van der Waals surface area contributed by atoms with Crippen molar-refractivity contribution < 1.29 is 14.3 Å². The smallest absolute Gasteiger partial charge is 0.258 e. The second kappa shape index (κ2) is 6.93. The van der Waals surface area contributed by atoms with Crippen molar-refractivity contribution in [1.29, 1.82) is 0 Å². The summed E-state index contributed by atoms with van der Waals surface area (Å²) < 4.78 is 5.39. The van der Waals surface area contributed by atoms with E-state index >= 15 is 0 Å². The van der Waals surface area contributed by atoms with E-state index in [2.05, 4.69) is 5.32 Å². The highest BCUT2D eigenvalue weighted by molar-refractivity contribution is 6.30. The molecule has 124 valence electrons. The Kier molecular flexibility index (Phi) is 4.71. The van der Waals surface area contributed by atoms with E-state index in [-0.39, 0.29) is 18.4 Å². The molecule has 6 heteroatoms. The van der Waals surface area contributed by atoms with Gasteiger partial charge in [0.25, 0.3) is 5.91 Å². The Labute approximate surface area is 145 Å². The second-order valence-electron chi connectivity index (χ2n) is 5.61. The summed E-state index contributed by atoms with van der Waals surface area (Å²) >= 11 is 5.79. The molecule has 1 heterocycles. The molecule has 1 aliphatic rings. The molecule has 0 aliphatic carbocycles. The predicted octanol–water partition coefficient (Wildman–Crippen LogP) is 2.55. The van der Waals surface area contributed by atoms with Gasteiger partial charge >= 0.3 is 0 Å². The molecule has 24 heavy (non-hydrogen) atoms. The lowest BCUT2D eigenvalue weighted by molar-refractivity contribution is -0.123. The molecule has 5 nitrogen and oxygen atoms in total. The fourth-order valence-corrected chi connectivity index (χ4v) is 2.69. The van der Waals surface area contributed by atoms with Crippen molar-refractivity contribution in [2.75, 3.05) is 18.6 Å². The topological polar surface area (TPSA) is 58.6 Å². The number of likely N-dealkylation sites (N-methyl/N-ethyl adjacent to an activating group) is 1. The van der Waals surface area contributed by atoms with Crippen LogP contribution < -0.4 is 15.0 Å². The zero-order chi connectivity index (χ0) is 17.1. The third-order valence-corrected chi connectivity index (χ3v) is 4.15. The maximum atomic E-state index is 11.9. The van der Waals surface area contributed by atoms with Crippen LogP contribution in [0, 0.1) is 0 Å². The number of nitrogens with one attached hydrogen (secondary N) is 1. The van der Waals surface area contributed by atoms with E-state index in [1.165, 1.54) is 0 Å². The quantitative estimate of drug-likeness (QED) is 0.906. The summed E-state index contributed by atoms with van der Waals surface area (Å²) in [6.07, 6.45) is 0.410. The van der Waals surface area contributed by atoms with Crippen LogP contribution in [-0.4, -0.2) is 25.5 Å². The number of halogens is 1. The van der Waals surface area contributed by atoms with Gasteiger partial charge in [-0.05, 0) is 41.5 Å². The minimum absolute atomic E-state index is 0.0617. The first-order valence-corrected chi connectivity index (χ1v) is 7.94. The highest BCUT2D eigenvalue weighted by Crippen LogP contribution is 2.28. The van der Waals surface area contributed by atoms with Crippen LogP contribution in [0.15, 0.2) is 42.5 Å². The highest BCUT2D eigenvalue weighted by atomic mass is 35.5. The molecule has 0 bridgehead atoms. The summed E-state index contributed by atoms with van der Waals surface area (Å²) in [7, 11) is 1.77. The van der Waals surface area contributed by atoms with Crippen LogP contribution in [0.2, 0.25) is 5.02 Å². The molecule has 2 aromatic rings. The lowest BCUT2D eigenvalue weighted by Gasteiger charge is -2.11. The minimum atomic E-state index is -0.210. The van der Waals surface area contributed by atoms with Gasteiger partial charge in [-0.1, -0.05) is 23.7 Å². The molecule has 1 aliphatic heterocycles. The molecule has 0 atom stereocenters. The number of hydrogen-bond acceptors (Lipinski definition) is 3. The van der Waals surface area contributed by atoms with E-state index in [1.54, 1.807) is 36.2 Å². The third kappa shape index (κ3) is 3.68. The van der Waals surface area contributed by atoms with Crippen molar-refractivity contribution in [3.8, 4) is 5.75 Å². The Morgan fingerprint density at radius 3 is 2.75 bits per heavy atom. The second-order valence-corrected chi connectivity index (χ2v) is 6.05. The zero-order valence-electron chi connectivity index (χ0n) is 13.2. The van der Waals surface area contributed by atoms with E-state index in [0.29, 0.717) is 23.7 Å². The molecule has 0 saturated carbocycles. The molecule has 2 amide bonds. The van der Waals surface area contributed by atoms with Gasteiger partial charge in [0, 0.05) is 24.3 Å². The first kappa shape index (κ1) is 16.3. The number of fused-ring (bicyclic) bond motifs is 1. The van der Waals surface area contributed by atoms with Crippen LogP contribution in [0.1, 0.15) is 11.1 Å². The number of anilines is 1. The van der Waals surface area contributed by atoms with Crippen molar-refractivity contribution in [3.63, 3.8) is 0 Å². The minimum Gasteiger partial charge on any atom is -0.484 e. The lowest BCUT2D eigenvalue weighted by Crippen LogP contribution is -2.28. The van der Waals surface area contributed by atoms with E-state index in [1.807, 2.05) is 18.2 Å². The van der Waals surface area contributed by atoms with Crippen LogP contribution in [0.5, 0.6) is 5.75 Å². The Balaban J connectivity index is 1.51. The van der Waals surface area contributed by atoms with Crippen molar-refractivity contribution >= 4 is 29.1 Å². The fourth-order valence-electron chi connectivity index (χ4n) is 2.56. The number of rotatable bonds is 5. The van der Waals surface area contributed by atoms with Gasteiger partial charge in [0.2, 0.25) is 5.91 Å². The number of benzene rings is 2. The summed E-state index contributed by atoms with van der Waals surface area (Å²) in [6, 6.07) is 12.6. The molecule has 0 saturated heterocycles. The number of carbonyl (C=O) groups is 2. The van der Waals surface area contributed by atoms with E-state index in [4.69, 9.17) is 16.3 Å². The first-order chi connectivity index (χ1) is 11.5. The summed E-state index contributed by atoms with van der Waals surface area (Å²) in [5, 5.41) is 3.42. The Hall–Kier alpha value is -2.53. The van der Waals surface area contributed by atoms with Crippen LogP contribution in [0.25, 0.3) is 0 Å². The third-order valence-electron chi connectivity index (χ3n) is 3.89. The van der Waals surface area contributed by atoms with Gasteiger partial charge in [-0.2, -0.15) is 0 Å². The van der Waals surface area contributed by atoms with Crippen LogP contribution in [-0.2, 0) is 22.6 Å².